The van der Waals surface area contributed by atoms with Crippen molar-refractivity contribution in [3.05, 3.63) is 46.7 Å². The number of nitrogens with one attached hydrogen (secondary N) is 1. The first kappa shape index (κ1) is 18.9. The van der Waals surface area contributed by atoms with Gasteiger partial charge in [-0.1, -0.05) is 12.1 Å². The summed E-state index contributed by atoms with van der Waals surface area (Å²) in [7, 11) is 0. The lowest BCUT2D eigenvalue weighted by atomic mass is 9.96. The number of hydrogen-bond donors (Lipinski definition) is 1. The fourth-order valence-corrected chi connectivity index (χ4v) is 3.85. The van der Waals surface area contributed by atoms with Crippen LogP contribution in [0.25, 0.3) is 11.1 Å². The van der Waals surface area contributed by atoms with Gasteiger partial charge in [0.25, 0.3) is 5.91 Å². The van der Waals surface area contributed by atoms with Gasteiger partial charge in [0.05, 0.1) is 6.54 Å². The summed E-state index contributed by atoms with van der Waals surface area (Å²) in [5.41, 5.74) is 2.80. The number of rotatable bonds is 5. The maximum absolute atomic E-state index is 12.4. The Morgan fingerprint density at radius 3 is 2.38 bits per heavy atom. The second-order valence-electron chi connectivity index (χ2n) is 6.63. The van der Waals surface area contributed by atoms with Gasteiger partial charge in [-0.25, -0.2) is 0 Å². The van der Waals surface area contributed by atoms with Crippen LogP contribution < -0.4 is 5.32 Å². The summed E-state index contributed by atoms with van der Waals surface area (Å²) in [5, 5.41) is 6.97. The number of alkyl halides is 3. The summed E-state index contributed by atoms with van der Waals surface area (Å²) in [6, 6.07) is 9.48. The monoisotopic (exact) mass is 382 g/mol. The molecule has 1 aromatic heterocycles. The zero-order valence-corrected chi connectivity index (χ0v) is 15.1. The normalized spacial score (nSPS) is 16.6. The molecule has 3 rings (SSSR count). The molecule has 3 nitrogen and oxygen atoms in total. The molecule has 0 aliphatic carbocycles. The Morgan fingerprint density at radius 2 is 1.81 bits per heavy atom. The zero-order chi connectivity index (χ0) is 18.6. The fourth-order valence-electron chi connectivity index (χ4n) is 3.18. The van der Waals surface area contributed by atoms with Gasteiger partial charge in [-0.05, 0) is 71.9 Å². The van der Waals surface area contributed by atoms with Crippen molar-refractivity contribution in [2.24, 2.45) is 5.92 Å². The average molecular weight is 382 g/mol. The summed E-state index contributed by atoms with van der Waals surface area (Å²) in [5.74, 6) is 0.0908. The minimum atomic E-state index is -4.14. The largest absolute Gasteiger partial charge is 0.401 e. The van der Waals surface area contributed by atoms with Crippen molar-refractivity contribution in [1.29, 1.82) is 0 Å². The third-order valence-corrected chi connectivity index (χ3v) is 5.35. The molecule has 26 heavy (non-hydrogen) atoms. The third-order valence-electron chi connectivity index (χ3n) is 4.66. The Morgan fingerprint density at radius 1 is 1.12 bits per heavy atom. The Hall–Kier alpha value is -1.86. The zero-order valence-electron chi connectivity index (χ0n) is 14.3. The van der Waals surface area contributed by atoms with Crippen LogP contribution in [0.3, 0.4) is 0 Å². The molecule has 1 aliphatic rings. The van der Waals surface area contributed by atoms with Crippen molar-refractivity contribution in [2.45, 2.75) is 19.0 Å². The molecule has 0 unspecified atom stereocenters. The highest BCUT2D eigenvalue weighted by atomic mass is 32.1. The summed E-state index contributed by atoms with van der Waals surface area (Å²) in [6.45, 7) is 0.512. The van der Waals surface area contributed by atoms with Crippen LogP contribution in [-0.4, -0.2) is 43.2 Å². The summed E-state index contributed by atoms with van der Waals surface area (Å²) >= 11 is 1.63. The smallest absolute Gasteiger partial charge is 0.352 e. The van der Waals surface area contributed by atoms with Gasteiger partial charge in [-0.2, -0.15) is 24.5 Å². The highest BCUT2D eigenvalue weighted by molar-refractivity contribution is 7.08. The van der Waals surface area contributed by atoms with E-state index in [9.17, 15) is 18.0 Å². The van der Waals surface area contributed by atoms with E-state index in [0.29, 0.717) is 38.0 Å². The minimum Gasteiger partial charge on any atom is -0.352 e. The Bertz CT molecular complexity index is 705. The van der Waals surface area contributed by atoms with E-state index in [-0.39, 0.29) is 11.8 Å². The van der Waals surface area contributed by atoms with Crippen molar-refractivity contribution < 1.29 is 18.0 Å². The molecular formula is C19H21F3N2OS. The maximum atomic E-state index is 12.4. The van der Waals surface area contributed by atoms with Crippen LogP contribution in [-0.2, 0) is 0 Å². The van der Waals surface area contributed by atoms with E-state index in [1.165, 1.54) is 4.90 Å². The second-order valence-corrected chi connectivity index (χ2v) is 7.41. The topological polar surface area (TPSA) is 32.3 Å². The number of nitrogens with zero attached hydrogens (tertiary/aromatic N) is 1. The molecular weight excluding hydrogens is 361 g/mol. The summed E-state index contributed by atoms with van der Waals surface area (Å²) in [6.07, 6.45) is -2.79. The van der Waals surface area contributed by atoms with Crippen LogP contribution in [0.1, 0.15) is 23.2 Å². The lowest BCUT2D eigenvalue weighted by molar-refractivity contribution is -0.148. The quantitative estimate of drug-likeness (QED) is 0.830. The van der Waals surface area contributed by atoms with E-state index in [1.54, 1.807) is 23.5 Å². The number of likely N-dealkylation sites (tertiary alicyclic amines) is 1. The van der Waals surface area contributed by atoms with E-state index in [4.69, 9.17) is 0 Å². The lowest BCUT2D eigenvalue weighted by Gasteiger charge is -2.32. The number of carbonyl (C=O) groups excluding carboxylic acids is 1. The van der Waals surface area contributed by atoms with Crippen LogP contribution in [0.15, 0.2) is 41.1 Å². The number of benzene rings is 1. The lowest BCUT2D eigenvalue weighted by Crippen LogP contribution is -2.42. The van der Waals surface area contributed by atoms with Crippen molar-refractivity contribution in [1.82, 2.24) is 10.2 Å². The molecule has 2 heterocycles. The number of amides is 1. The van der Waals surface area contributed by atoms with Crippen LogP contribution >= 0.6 is 11.3 Å². The van der Waals surface area contributed by atoms with Crippen molar-refractivity contribution >= 4 is 17.2 Å². The molecule has 1 saturated heterocycles. The number of halogens is 3. The van der Waals surface area contributed by atoms with Crippen molar-refractivity contribution in [3.63, 3.8) is 0 Å². The summed E-state index contributed by atoms with van der Waals surface area (Å²) in [4.78, 5) is 13.7. The van der Waals surface area contributed by atoms with Gasteiger partial charge in [0.15, 0.2) is 0 Å². The molecule has 0 radical (unpaired) electrons. The molecule has 1 N–H and O–H groups in total. The first-order valence-electron chi connectivity index (χ1n) is 8.61. The van der Waals surface area contributed by atoms with Crippen LogP contribution in [0.2, 0.25) is 0 Å². The van der Waals surface area contributed by atoms with Gasteiger partial charge >= 0.3 is 6.18 Å². The fraction of sp³-hybridized carbons (Fsp3) is 0.421. The Kier molecular flexibility index (Phi) is 5.98. The number of carbonyl (C=O) groups is 1. The Balaban J connectivity index is 1.44. The van der Waals surface area contributed by atoms with Gasteiger partial charge in [-0.3, -0.25) is 9.69 Å². The van der Waals surface area contributed by atoms with Gasteiger partial charge in [0, 0.05) is 12.1 Å². The van der Waals surface area contributed by atoms with Crippen LogP contribution in [0.5, 0.6) is 0 Å². The molecule has 0 atom stereocenters. The molecule has 0 saturated carbocycles. The number of hydrogen-bond acceptors (Lipinski definition) is 3. The third kappa shape index (κ3) is 5.32. The highest BCUT2D eigenvalue weighted by Gasteiger charge is 2.32. The van der Waals surface area contributed by atoms with Crippen molar-refractivity contribution in [2.75, 3.05) is 26.2 Å². The first-order chi connectivity index (χ1) is 12.4. The molecule has 140 valence electrons. The first-order valence-corrected chi connectivity index (χ1v) is 9.55. The van der Waals surface area contributed by atoms with Gasteiger partial charge < -0.3 is 5.32 Å². The SMILES string of the molecule is O=C(NCC1CCN(CC(F)(F)F)CC1)c1ccc(-c2ccsc2)cc1. The Labute approximate surface area is 154 Å². The predicted molar refractivity (Wildman–Crippen MR) is 97.3 cm³/mol. The van der Waals surface area contributed by atoms with Crippen molar-refractivity contribution in [3.8, 4) is 11.1 Å². The van der Waals surface area contributed by atoms with Gasteiger partial charge in [-0.15, -0.1) is 0 Å². The van der Waals surface area contributed by atoms with E-state index < -0.39 is 12.7 Å². The number of thiophene rings is 1. The highest BCUT2D eigenvalue weighted by Crippen LogP contribution is 2.23. The second kappa shape index (κ2) is 8.22. The minimum absolute atomic E-state index is 0.139. The molecule has 0 spiro atoms. The number of piperidine rings is 1. The van der Waals surface area contributed by atoms with E-state index in [0.717, 1.165) is 11.1 Å². The molecule has 7 heteroatoms. The molecule has 2 aromatic rings. The van der Waals surface area contributed by atoms with E-state index in [2.05, 4.69) is 10.7 Å². The molecule has 0 bridgehead atoms. The molecule has 1 amide bonds. The van der Waals surface area contributed by atoms with Crippen LogP contribution in [0.4, 0.5) is 13.2 Å². The maximum Gasteiger partial charge on any atom is 0.401 e. The standard InChI is InChI=1S/C19H21F3N2OS/c20-19(21,22)13-24-8-5-14(6-9-24)11-23-18(25)16-3-1-15(2-4-16)17-7-10-26-12-17/h1-4,7,10,12,14H,5-6,8-9,11,13H2,(H,23,25). The predicted octanol–water partition coefficient (Wildman–Crippen LogP) is 4.42. The average Bonchev–Trinajstić information content (AvgIpc) is 3.14. The molecule has 1 fully saturated rings. The van der Waals surface area contributed by atoms with Gasteiger partial charge in [0.2, 0.25) is 0 Å². The van der Waals surface area contributed by atoms with E-state index in [1.807, 2.05) is 23.6 Å². The molecule has 1 aliphatic heterocycles. The van der Waals surface area contributed by atoms with E-state index >= 15 is 0 Å². The molecule has 1 aromatic carbocycles. The van der Waals surface area contributed by atoms with Gasteiger partial charge in [0.1, 0.15) is 0 Å². The summed E-state index contributed by atoms with van der Waals surface area (Å²) < 4.78 is 37.2. The van der Waals surface area contributed by atoms with Crippen LogP contribution in [0, 0.1) is 5.92 Å².